The van der Waals surface area contributed by atoms with E-state index < -0.39 is 0 Å². The molecule has 1 aliphatic rings. The summed E-state index contributed by atoms with van der Waals surface area (Å²) >= 11 is 0. The van der Waals surface area contributed by atoms with E-state index in [1.807, 2.05) is 12.1 Å². The standard InChI is InChI=1S/C17H27NO/c1-19-16-11-9-15(10-12-16)17(18)13-7-5-3-2-4-6-8-14-17/h9-12H,2-8,13-14,18H2,1H3. The molecule has 2 nitrogen and oxygen atoms in total. The molecule has 1 aliphatic carbocycles. The third kappa shape index (κ3) is 3.97. The molecule has 1 aromatic rings. The van der Waals surface area contributed by atoms with E-state index in [9.17, 15) is 0 Å². The van der Waals surface area contributed by atoms with Crippen LogP contribution in [0, 0.1) is 0 Å². The molecule has 0 bridgehead atoms. The molecule has 19 heavy (non-hydrogen) atoms. The first-order valence-corrected chi connectivity index (χ1v) is 7.68. The highest BCUT2D eigenvalue weighted by Gasteiger charge is 2.26. The number of methoxy groups -OCH3 is 1. The summed E-state index contributed by atoms with van der Waals surface area (Å²) in [5.74, 6) is 0.909. The van der Waals surface area contributed by atoms with Crippen molar-refractivity contribution < 1.29 is 4.74 Å². The van der Waals surface area contributed by atoms with E-state index >= 15 is 0 Å². The van der Waals surface area contributed by atoms with Gasteiger partial charge in [0.2, 0.25) is 0 Å². The molecule has 0 amide bonds. The van der Waals surface area contributed by atoms with E-state index in [0.29, 0.717) is 0 Å². The third-order valence-electron chi connectivity index (χ3n) is 4.41. The first kappa shape index (κ1) is 14.4. The van der Waals surface area contributed by atoms with Gasteiger partial charge < -0.3 is 10.5 Å². The lowest BCUT2D eigenvalue weighted by molar-refractivity contribution is 0.333. The lowest BCUT2D eigenvalue weighted by Gasteiger charge is -2.31. The van der Waals surface area contributed by atoms with Crippen LogP contribution in [0.25, 0.3) is 0 Å². The molecule has 1 aromatic carbocycles. The van der Waals surface area contributed by atoms with Gasteiger partial charge in [-0.05, 0) is 30.5 Å². The maximum Gasteiger partial charge on any atom is 0.118 e. The van der Waals surface area contributed by atoms with Gasteiger partial charge in [0, 0.05) is 5.54 Å². The fraction of sp³-hybridized carbons (Fsp3) is 0.647. The summed E-state index contributed by atoms with van der Waals surface area (Å²) in [7, 11) is 1.71. The van der Waals surface area contributed by atoms with Crippen molar-refractivity contribution in [2.45, 2.75) is 63.3 Å². The topological polar surface area (TPSA) is 35.2 Å². The number of nitrogens with two attached hydrogens (primary N) is 1. The normalized spacial score (nSPS) is 20.7. The highest BCUT2D eigenvalue weighted by molar-refractivity contribution is 5.31. The molecular formula is C17H27NO. The summed E-state index contributed by atoms with van der Waals surface area (Å²) in [5.41, 5.74) is 7.86. The summed E-state index contributed by atoms with van der Waals surface area (Å²) in [4.78, 5) is 0. The first-order chi connectivity index (χ1) is 9.24. The molecule has 1 fully saturated rings. The van der Waals surface area contributed by atoms with Crippen LogP contribution in [0.4, 0.5) is 0 Å². The zero-order chi connectivity index (χ0) is 13.6. The summed E-state index contributed by atoms with van der Waals surface area (Å²) in [6.45, 7) is 0. The summed E-state index contributed by atoms with van der Waals surface area (Å²) in [6, 6.07) is 8.35. The molecule has 2 N–H and O–H groups in total. The molecule has 0 spiro atoms. The van der Waals surface area contributed by atoms with Gasteiger partial charge in [-0.1, -0.05) is 57.1 Å². The van der Waals surface area contributed by atoms with Gasteiger partial charge in [-0.25, -0.2) is 0 Å². The second-order valence-electron chi connectivity index (χ2n) is 5.86. The van der Waals surface area contributed by atoms with Crippen molar-refractivity contribution in [2.24, 2.45) is 5.73 Å². The Bertz CT molecular complexity index is 361. The Kier molecular flexibility index (Phi) is 5.26. The number of rotatable bonds is 2. The average Bonchev–Trinajstić information content (AvgIpc) is 2.46. The zero-order valence-electron chi connectivity index (χ0n) is 12.2. The van der Waals surface area contributed by atoms with E-state index in [1.54, 1.807) is 7.11 Å². The third-order valence-corrected chi connectivity index (χ3v) is 4.41. The molecule has 1 saturated carbocycles. The zero-order valence-corrected chi connectivity index (χ0v) is 12.2. The molecule has 2 heteroatoms. The Morgan fingerprint density at radius 2 is 1.32 bits per heavy atom. The summed E-state index contributed by atoms with van der Waals surface area (Å²) < 4.78 is 5.23. The lowest BCUT2D eigenvalue weighted by Crippen LogP contribution is -2.36. The van der Waals surface area contributed by atoms with Crippen LogP contribution in [0.2, 0.25) is 0 Å². The molecule has 0 aromatic heterocycles. The van der Waals surface area contributed by atoms with Gasteiger partial charge in [0.15, 0.2) is 0 Å². The number of ether oxygens (including phenoxy) is 1. The molecule has 0 heterocycles. The van der Waals surface area contributed by atoms with Crippen LogP contribution in [0.1, 0.15) is 63.4 Å². The predicted octanol–water partition coefficient (Wildman–Crippen LogP) is 4.37. The van der Waals surface area contributed by atoms with Crippen molar-refractivity contribution in [2.75, 3.05) is 7.11 Å². The Morgan fingerprint density at radius 1 is 0.842 bits per heavy atom. The average molecular weight is 261 g/mol. The van der Waals surface area contributed by atoms with E-state index in [2.05, 4.69) is 12.1 Å². The first-order valence-electron chi connectivity index (χ1n) is 7.68. The predicted molar refractivity (Wildman–Crippen MR) is 80.4 cm³/mol. The Balaban J connectivity index is 2.10. The lowest BCUT2D eigenvalue weighted by atomic mass is 9.80. The van der Waals surface area contributed by atoms with E-state index in [-0.39, 0.29) is 5.54 Å². The SMILES string of the molecule is COc1ccc(C2(N)CCCCCCCCC2)cc1. The van der Waals surface area contributed by atoms with Crippen molar-refractivity contribution in [1.29, 1.82) is 0 Å². The van der Waals surface area contributed by atoms with Crippen LogP contribution in [-0.4, -0.2) is 7.11 Å². The maximum absolute atomic E-state index is 6.72. The Morgan fingerprint density at radius 3 is 1.79 bits per heavy atom. The van der Waals surface area contributed by atoms with Crippen molar-refractivity contribution in [3.05, 3.63) is 29.8 Å². The second kappa shape index (κ2) is 6.95. The van der Waals surface area contributed by atoms with Gasteiger partial charge in [0.1, 0.15) is 5.75 Å². The quantitative estimate of drug-likeness (QED) is 0.857. The van der Waals surface area contributed by atoms with Crippen LogP contribution < -0.4 is 10.5 Å². The molecule has 2 rings (SSSR count). The highest BCUT2D eigenvalue weighted by atomic mass is 16.5. The molecular weight excluding hydrogens is 234 g/mol. The van der Waals surface area contributed by atoms with Crippen molar-refractivity contribution in [3.63, 3.8) is 0 Å². The molecule has 0 aliphatic heterocycles. The van der Waals surface area contributed by atoms with Crippen molar-refractivity contribution >= 4 is 0 Å². The van der Waals surface area contributed by atoms with Gasteiger partial charge >= 0.3 is 0 Å². The number of hydrogen-bond donors (Lipinski definition) is 1. The number of hydrogen-bond acceptors (Lipinski definition) is 2. The fourth-order valence-electron chi connectivity index (χ4n) is 3.10. The van der Waals surface area contributed by atoms with Crippen molar-refractivity contribution in [1.82, 2.24) is 0 Å². The fourth-order valence-corrected chi connectivity index (χ4v) is 3.10. The van der Waals surface area contributed by atoms with Gasteiger partial charge in [-0.2, -0.15) is 0 Å². The smallest absolute Gasteiger partial charge is 0.118 e. The van der Waals surface area contributed by atoms with Crippen LogP contribution in [0.5, 0.6) is 5.75 Å². The minimum Gasteiger partial charge on any atom is -0.497 e. The Labute approximate surface area is 117 Å². The van der Waals surface area contributed by atoms with Crippen LogP contribution in [0.15, 0.2) is 24.3 Å². The van der Waals surface area contributed by atoms with E-state index in [4.69, 9.17) is 10.5 Å². The maximum atomic E-state index is 6.72. The van der Waals surface area contributed by atoms with Gasteiger partial charge in [-0.15, -0.1) is 0 Å². The summed E-state index contributed by atoms with van der Waals surface area (Å²) in [5, 5.41) is 0. The molecule has 106 valence electrons. The molecule has 0 unspecified atom stereocenters. The van der Waals surface area contributed by atoms with Crippen LogP contribution in [0.3, 0.4) is 0 Å². The second-order valence-corrected chi connectivity index (χ2v) is 5.86. The minimum atomic E-state index is -0.135. The molecule has 0 saturated heterocycles. The van der Waals surface area contributed by atoms with Crippen molar-refractivity contribution in [3.8, 4) is 5.75 Å². The Hall–Kier alpha value is -1.02. The van der Waals surface area contributed by atoms with Crippen LogP contribution >= 0.6 is 0 Å². The highest BCUT2D eigenvalue weighted by Crippen LogP contribution is 2.32. The molecule has 0 atom stereocenters. The number of benzene rings is 1. The monoisotopic (exact) mass is 261 g/mol. The van der Waals surface area contributed by atoms with Crippen LogP contribution in [-0.2, 0) is 5.54 Å². The van der Waals surface area contributed by atoms with Gasteiger partial charge in [-0.3, -0.25) is 0 Å². The summed E-state index contributed by atoms with van der Waals surface area (Å²) in [6.07, 6.45) is 11.5. The van der Waals surface area contributed by atoms with Gasteiger partial charge in [0.05, 0.1) is 7.11 Å². The van der Waals surface area contributed by atoms with E-state index in [0.717, 1.165) is 18.6 Å². The minimum absolute atomic E-state index is 0.135. The molecule has 0 radical (unpaired) electrons. The van der Waals surface area contributed by atoms with Gasteiger partial charge in [0.25, 0.3) is 0 Å². The largest absolute Gasteiger partial charge is 0.497 e. The van der Waals surface area contributed by atoms with E-state index in [1.165, 1.54) is 50.5 Å².